The number of nitrogens with zero attached hydrogens (tertiary/aromatic N) is 2. The van der Waals surface area contributed by atoms with E-state index in [0.717, 1.165) is 10.7 Å². The Morgan fingerprint density at radius 2 is 2.12 bits per heavy atom. The van der Waals surface area contributed by atoms with Crippen LogP contribution < -0.4 is 5.32 Å². The minimum Gasteiger partial charge on any atom is -0.352 e. The Morgan fingerprint density at radius 1 is 1.33 bits per heavy atom. The van der Waals surface area contributed by atoms with Gasteiger partial charge in [-0.2, -0.15) is 0 Å². The molecular formula is C16H19N3O3S2. The highest BCUT2D eigenvalue weighted by atomic mass is 32.2. The molecule has 1 atom stereocenters. The van der Waals surface area contributed by atoms with Gasteiger partial charge in [-0.05, 0) is 12.0 Å². The second-order valence-electron chi connectivity index (χ2n) is 5.78. The molecule has 0 bridgehead atoms. The van der Waals surface area contributed by atoms with Gasteiger partial charge in [-0.1, -0.05) is 42.1 Å². The third-order valence-corrected chi connectivity index (χ3v) is 6.58. The van der Waals surface area contributed by atoms with E-state index in [1.54, 1.807) is 6.20 Å². The van der Waals surface area contributed by atoms with Crippen molar-refractivity contribution in [2.75, 3.05) is 17.3 Å². The lowest BCUT2D eigenvalue weighted by molar-refractivity contribution is -0.119. The molecule has 8 heteroatoms. The van der Waals surface area contributed by atoms with Crippen LogP contribution in [0.5, 0.6) is 0 Å². The summed E-state index contributed by atoms with van der Waals surface area (Å²) < 4.78 is 24.8. The Kier molecular flexibility index (Phi) is 5.25. The number of carbonyl (C=O) groups is 1. The van der Waals surface area contributed by atoms with Gasteiger partial charge in [-0.3, -0.25) is 4.79 Å². The number of thioether (sulfide) groups is 1. The summed E-state index contributed by atoms with van der Waals surface area (Å²) in [6.07, 6.45) is 4.10. The van der Waals surface area contributed by atoms with E-state index in [1.807, 2.05) is 41.1 Å². The number of aromatic nitrogens is 2. The number of rotatable bonds is 6. The number of carbonyl (C=O) groups excluding carboxylic acids is 1. The second-order valence-corrected chi connectivity index (χ2v) is 8.95. The van der Waals surface area contributed by atoms with Crippen LogP contribution in [-0.2, 0) is 21.2 Å². The largest absolute Gasteiger partial charge is 0.352 e. The molecule has 1 N–H and O–H groups in total. The van der Waals surface area contributed by atoms with Crippen LogP contribution in [0.2, 0.25) is 0 Å². The standard InChI is InChI=1S/C16H19N3O3S2/c20-15(18-14-6-9-24(21,22)12-14)11-23-16-17-7-8-19(16)10-13-4-2-1-3-5-13/h1-5,7-8,14H,6,9-12H2,(H,18,20)/t14-/m0/s1. The molecule has 1 fully saturated rings. The quantitative estimate of drug-likeness (QED) is 0.781. The van der Waals surface area contributed by atoms with Crippen molar-refractivity contribution in [1.29, 1.82) is 0 Å². The molecule has 6 nitrogen and oxygen atoms in total. The SMILES string of the molecule is O=C(CSc1nccn1Cc1ccccc1)N[C@H]1CCS(=O)(=O)C1. The lowest BCUT2D eigenvalue weighted by atomic mass is 10.2. The molecule has 1 aromatic heterocycles. The van der Waals surface area contributed by atoms with Crippen molar-refractivity contribution in [2.24, 2.45) is 0 Å². The second kappa shape index (κ2) is 7.40. The van der Waals surface area contributed by atoms with Crippen LogP contribution in [-0.4, -0.2) is 47.2 Å². The van der Waals surface area contributed by atoms with E-state index < -0.39 is 9.84 Å². The van der Waals surface area contributed by atoms with Crippen LogP contribution in [0.25, 0.3) is 0 Å². The normalized spacial score (nSPS) is 19.2. The van der Waals surface area contributed by atoms with E-state index >= 15 is 0 Å². The Morgan fingerprint density at radius 3 is 2.83 bits per heavy atom. The number of imidazole rings is 1. The van der Waals surface area contributed by atoms with E-state index in [1.165, 1.54) is 11.8 Å². The molecule has 2 heterocycles. The molecule has 128 valence electrons. The summed E-state index contributed by atoms with van der Waals surface area (Å²) >= 11 is 1.35. The summed E-state index contributed by atoms with van der Waals surface area (Å²) in [5, 5.41) is 3.56. The molecule has 0 radical (unpaired) electrons. The molecule has 1 aliphatic heterocycles. The molecule has 1 aliphatic rings. The van der Waals surface area contributed by atoms with Crippen LogP contribution in [0, 0.1) is 0 Å². The number of benzene rings is 1. The Labute approximate surface area is 145 Å². The van der Waals surface area contributed by atoms with Crippen LogP contribution in [0.4, 0.5) is 0 Å². The van der Waals surface area contributed by atoms with Gasteiger partial charge in [0, 0.05) is 25.0 Å². The molecule has 24 heavy (non-hydrogen) atoms. The van der Waals surface area contributed by atoms with Gasteiger partial charge in [0.15, 0.2) is 15.0 Å². The first-order valence-corrected chi connectivity index (χ1v) is 10.5. The highest BCUT2D eigenvalue weighted by molar-refractivity contribution is 7.99. The lowest BCUT2D eigenvalue weighted by Crippen LogP contribution is -2.36. The maximum Gasteiger partial charge on any atom is 0.230 e. The molecule has 0 unspecified atom stereocenters. The maximum absolute atomic E-state index is 12.0. The Bertz CT molecular complexity index is 803. The van der Waals surface area contributed by atoms with Crippen molar-refractivity contribution >= 4 is 27.5 Å². The zero-order valence-electron chi connectivity index (χ0n) is 13.1. The molecule has 3 rings (SSSR count). The van der Waals surface area contributed by atoms with Gasteiger partial charge in [0.2, 0.25) is 5.91 Å². The van der Waals surface area contributed by atoms with Gasteiger partial charge >= 0.3 is 0 Å². The van der Waals surface area contributed by atoms with Crippen molar-refractivity contribution in [2.45, 2.75) is 24.2 Å². The van der Waals surface area contributed by atoms with E-state index in [0.29, 0.717) is 13.0 Å². The maximum atomic E-state index is 12.0. The first-order valence-electron chi connectivity index (χ1n) is 7.69. The van der Waals surface area contributed by atoms with Crippen molar-refractivity contribution in [3.05, 3.63) is 48.3 Å². The van der Waals surface area contributed by atoms with Crippen LogP contribution in [0.1, 0.15) is 12.0 Å². The summed E-state index contributed by atoms with van der Waals surface area (Å²) in [5.41, 5.74) is 1.16. The fraction of sp³-hybridized carbons (Fsp3) is 0.375. The predicted molar refractivity (Wildman–Crippen MR) is 93.7 cm³/mol. The minimum atomic E-state index is -2.98. The van der Waals surface area contributed by atoms with Gasteiger partial charge in [-0.25, -0.2) is 13.4 Å². The Balaban J connectivity index is 1.52. The number of amides is 1. The first kappa shape index (κ1) is 17.0. The molecule has 0 saturated carbocycles. The summed E-state index contributed by atoms with van der Waals surface area (Å²) in [4.78, 5) is 16.3. The third kappa shape index (κ3) is 4.61. The number of hydrogen-bond donors (Lipinski definition) is 1. The predicted octanol–water partition coefficient (Wildman–Crippen LogP) is 1.33. The van der Waals surface area contributed by atoms with Crippen LogP contribution in [0.3, 0.4) is 0 Å². The highest BCUT2D eigenvalue weighted by Crippen LogP contribution is 2.18. The number of hydrogen-bond acceptors (Lipinski definition) is 5. The van der Waals surface area contributed by atoms with Crippen molar-refractivity contribution in [3.8, 4) is 0 Å². The van der Waals surface area contributed by atoms with Crippen molar-refractivity contribution in [3.63, 3.8) is 0 Å². The minimum absolute atomic E-state index is 0.0477. The molecule has 1 aromatic carbocycles. The van der Waals surface area contributed by atoms with E-state index in [-0.39, 0.29) is 29.2 Å². The van der Waals surface area contributed by atoms with E-state index in [4.69, 9.17) is 0 Å². The van der Waals surface area contributed by atoms with Gasteiger partial charge < -0.3 is 9.88 Å². The van der Waals surface area contributed by atoms with Crippen molar-refractivity contribution in [1.82, 2.24) is 14.9 Å². The lowest BCUT2D eigenvalue weighted by Gasteiger charge is -2.11. The third-order valence-electron chi connectivity index (χ3n) is 3.80. The molecule has 0 spiro atoms. The molecular weight excluding hydrogens is 346 g/mol. The van der Waals surface area contributed by atoms with Crippen LogP contribution in [0.15, 0.2) is 47.9 Å². The summed E-state index contributed by atoms with van der Waals surface area (Å²) in [6.45, 7) is 0.700. The van der Waals surface area contributed by atoms with Crippen molar-refractivity contribution < 1.29 is 13.2 Å². The van der Waals surface area contributed by atoms with Gasteiger partial charge in [0.1, 0.15) is 0 Å². The fourth-order valence-corrected chi connectivity index (χ4v) is 5.09. The molecule has 0 aliphatic carbocycles. The summed E-state index contributed by atoms with van der Waals surface area (Å²) in [6, 6.07) is 9.78. The molecule has 1 saturated heterocycles. The topological polar surface area (TPSA) is 81.1 Å². The first-order chi connectivity index (χ1) is 11.5. The van der Waals surface area contributed by atoms with Gasteiger partial charge in [-0.15, -0.1) is 0 Å². The Hall–Kier alpha value is -1.80. The smallest absolute Gasteiger partial charge is 0.230 e. The zero-order valence-corrected chi connectivity index (χ0v) is 14.7. The van der Waals surface area contributed by atoms with E-state index in [9.17, 15) is 13.2 Å². The average Bonchev–Trinajstić information content (AvgIpc) is 3.12. The molecule has 1 amide bonds. The fourth-order valence-electron chi connectivity index (χ4n) is 2.64. The summed E-state index contributed by atoms with van der Waals surface area (Å²) in [7, 11) is -2.98. The van der Waals surface area contributed by atoms with E-state index in [2.05, 4.69) is 10.3 Å². The van der Waals surface area contributed by atoms with Crippen LogP contribution >= 0.6 is 11.8 Å². The summed E-state index contributed by atoms with van der Waals surface area (Å²) in [5.74, 6) is 0.275. The van der Waals surface area contributed by atoms with Gasteiger partial charge in [0.05, 0.1) is 17.3 Å². The number of sulfone groups is 1. The average molecular weight is 365 g/mol. The van der Waals surface area contributed by atoms with Gasteiger partial charge in [0.25, 0.3) is 0 Å². The highest BCUT2D eigenvalue weighted by Gasteiger charge is 2.28. The zero-order chi connectivity index (χ0) is 17.0. The molecule has 2 aromatic rings. The monoisotopic (exact) mass is 365 g/mol. The number of nitrogens with one attached hydrogen (secondary N) is 1.